The largest absolute Gasteiger partial charge is 0.395 e. The third kappa shape index (κ3) is 3.57. The van der Waals surface area contributed by atoms with Crippen molar-refractivity contribution in [3.8, 4) is 0 Å². The Labute approximate surface area is 119 Å². The summed E-state index contributed by atoms with van der Waals surface area (Å²) in [5.74, 6) is 0. The van der Waals surface area contributed by atoms with Gasteiger partial charge < -0.3 is 10.0 Å². The van der Waals surface area contributed by atoms with Crippen molar-refractivity contribution in [2.24, 2.45) is 0 Å². The molecule has 1 aromatic heterocycles. The molecule has 0 amide bonds. The molecule has 0 saturated carbocycles. The van der Waals surface area contributed by atoms with E-state index >= 15 is 0 Å². The van der Waals surface area contributed by atoms with Gasteiger partial charge in [-0.05, 0) is 32.9 Å². The SMILES string of the molecule is CC(C)(C)n1cc(CN(CCO)c2ccccc2)nn1. The monoisotopic (exact) mass is 274 g/mol. The molecule has 0 fully saturated rings. The lowest BCUT2D eigenvalue weighted by molar-refractivity contribution is 0.301. The number of nitrogens with zero attached hydrogens (tertiary/aromatic N) is 4. The normalized spacial score (nSPS) is 11.6. The van der Waals surface area contributed by atoms with Crippen LogP contribution in [0.2, 0.25) is 0 Å². The summed E-state index contributed by atoms with van der Waals surface area (Å²) in [6, 6.07) is 10.0. The smallest absolute Gasteiger partial charge is 0.102 e. The number of hydrogen-bond acceptors (Lipinski definition) is 4. The Balaban J connectivity index is 2.15. The second kappa shape index (κ2) is 6.05. The molecule has 1 heterocycles. The second-order valence-corrected chi connectivity index (χ2v) is 5.81. The number of para-hydroxylation sites is 1. The molecule has 2 aromatic rings. The van der Waals surface area contributed by atoms with Gasteiger partial charge in [-0.3, -0.25) is 0 Å². The average molecular weight is 274 g/mol. The minimum Gasteiger partial charge on any atom is -0.395 e. The number of anilines is 1. The van der Waals surface area contributed by atoms with Gasteiger partial charge in [-0.25, -0.2) is 4.68 Å². The highest BCUT2D eigenvalue weighted by atomic mass is 16.3. The molecule has 5 heteroatoms. The van der Waals surface area contributed by atoms with Gasteiger partial charge in [-0.15, -0.1) is 5.10 Å². The van der Waals surface area contributed by atoms with E-state index in [1.54, 1.807) is 0 Å². The molecule has 0 bridgehead atoms. The molecule has 0 atom stereocenters. The van der Waals surface area contributed by atoms with E-state index in [0.29, 0.717) is 13.1 Å². The minimum absolute atomic E-state index is 0.0696. The maximum Gasteiger partial charge on any atom is 0.102 e. The summed E-state index contributed by atoms with van der Waals surface area (Å²) in [5.41, 5.74) is 1.91. The summed E-state index contributed by atoms with van der Waals surface area (Å²) in [6.07, 6.45) is 1.97. The van der Waals surface area contributed by atoms with Gasteiger partial charge in [-0.1, -0.05) is 23.4 Å². The van der Waals surface area contributed by atoms with Gasteiger partial charge in [0.05, 0.1) is 24.9 Å². The van der Waals surface area contributed by atoms with Crippen LogP contribution in [0.1, 0.15) is 26.5 Å². The van der Waals surface area contributed by atoms with Crippen molar-refractivity contribution < 1.29 is 5.11 Å². The lowest BCUT2D eigenvalue weighted by Crippen LogP contribution is -2.26. The fourth-order valence-electron chi connectivity index (χ4n) is 1.95. The standard InChI is InChI=1S/C15H22N4O/c1-15(2,3)19-12-13(16-17-19)11-18(9-10-20)14-7-5-4-6-8-14/h4-8,12,20H,9-11H2,1-3H3. The maximum atomic E-state index is 9.23. The van der Waals surface area contributed by atoms with E-state index < -0.39 is 0 Å². The number of aromatic nitrogens is 3. The molecular formula is C15H22N4O. The van der Waals surface area contributed by atoms with Crippen LogP contribution >= 0.6 is 0 Å². The van der Waals surface area contributed by atoms with Crippen molar-refractivity contribution in [2.75, 3.05) is 18.1 Å². The molecule has 0 aliphatic rings. The second-order valence-electron chi connectivity index (χ2n) is 5.81. The number of aliphatic hydroxyl groups is 1. The quantitative estimate of drug-likeness (QED) is 0.906. The molecule has 1 aromatic carbocycles. The summed E-state index contributed by atoms with van der Waals surface area (Å²) < 4.78 is 1.87. The first-order valence-electron chi connectivity index (χ1n) is 6.83. The van der Waals surface area contributed by atoms with Gasteiger partial charge in [-0.2, -0.15) is 0 Å². The third-order valence-corrected chi connectivity index (χ3v) is 3.07. The Kier molecular flexibility index (Phi) is 4.39. The molecule has 0 spiro atoms. The van der Waals surface area contributed by atoms with Crippen LogP contribution in [0.4, 0.5) is 5.69 Å². The van der Waals surface area contributed by atoms with E-state index in [2.05, 4.69) is 36.0 Å². The summed E-state index contributed by atoms with van der Waals surface area (Å²) >= 11 is 0. The summed E-state index contributed by atoms with van der Waals surface area (Å²) in [5, 5.41) is 17.6. The number of hydrogen-bond donors (Lipinski definition) is 1. The van der Waals surface area contributed by atoms with Gasteiger partial charge in [0.25, 0.3) is 0 Å². The highest BCUT2D eigenvalue weighted by molar-refractivity contribution is 5.46. The Hall–Kier alpha value is -1.88. The Bertz CT molecular complexity index is 530. The van der Waals surface area contributed by atoms with Crippen LogP contribution in [-0.2, 0) is 12.1 Å². The zero-order valence-electron chi connectivity index (χ0n) is 12.3. The van der Waals surface area contributed by atoms with Crippen molar-refractivity contribution in [2.45, 2.75) is 32.9 Å². The van der Waals surface area contributed by atoms with Crippen LogP contribution in [0, 0.1) is 0 Å². The topological polar surface area (TPSA) is 54.2 Å². The minimum atomic E-state index is -0.0696. The molecule has 0 radical (unpaired) electrons. The van der Waals surface area contributed by atoms with Crippen LogP contribution in [0.5, 0.6) is 0 Å². The van der Waals surface area contributed by atoms with Gasteiger partial charge in [0.1, 0.15) is 5.69 Å². The van der Waals surface area contributed by atoms with Gasteiger partial charge in [0.2, 0.25) is 0 Å². The Morgan fingerprint density at radius 1 is 1.20 bits per heavy atom. The first-order chi connectivity index (χ1) is 9.50. The Morgan fingerprint density at radius 2 is 1.90 bits per heavy atom. The summed E-state index contributed by atoms with van der Waals surface area (Å²) in [6.45, 7) is 7.60. The van der Waals surface area contributed by atoms with Gasteiger partial charge >= 0.3 is 0 Å². The predicted octanol–water partition coefficient (Wildman–Crippen LogP) is 2.03. The Morgan fingerprint density at radius 3 is 2.45 bits per heavy atom. The number of benzene rings is 1. The van der Waals surface area contributed by atoms with E-state index in [1.807, 2.05) is 41.2 Å². The van der Waals surface area contributed by atoms with Crippen molar-refractivity contribution >= 4 is 5.69 Å². The molecule has 2 rings (SSSR count). The first-order valence-corrected chi connectivity index (χ1v) is 6.83. The first kappa shape index (κ1) is 14.5. The molecule has 1 N–H and O–H groups in total. The van der Waals surface area contributed by atoms with Crippen molar-refractivity contribution in [3.05, 3.63) is 42.2 Å². The van der Waals surface area contributed by atoms with E-state index in [9.17, 15) is 5.11 Å². The van der Waals surface area contributed by atoms with E-state index in [-0.39, 0.29) is 12.1 Å². The van der Waals surface area contributed by atoms with Crippen molar-refractivity contribution in [1.82, 2.24) is 15.0 Å². The van der Waals surface area contributed by atoms with Gasteiger partial charge in [0, 0.05) is 12.2 Å². The molecule has 20 heavy (non-hydrogen) atoms. The average Bonchev–Trinajstić information content (AvgIpc) is 2.88. The van der Waals surface area contributed by atoms with Crippen molar-refractivity contribution in [1.29, 1.82) is 0 Å². The molecule has 0 aliphatic heterocycles. The van der Waals surface area contributed by atoms with E-state index in [1.165, 1.54) is 0 Å². The summed E-state index contributed by atoms with van der Waals surface area (Å²) in [4.78, 5) is 2.09. The zero-order valence-corrected chi connectivity index (χ0v) is 12.3. The van der Waals surface area contributed by atoms with E-state index in [4.69, 9.17) is 0 Å². The molecule has 108 valence electrons. The van der Waals surface area contributed by atoms with Crippen LogP contribution in [0.3, 0.4) is 0 Å². The highest BCUT2D eigenvalue weighted by Crippen LogP contribution is 2.17. The summed E-state index contributed by atoms with van der Waals surface area (Å²) in [7, 11) is 0. The fourth-order valence-corrected chi connectivity index (χ4v) is 1.95. The van der Waals surface area contributed by atoms with Crippen LogP contribution in [0.25, 0.3) is 0 Å². The predicted molar refractivity (Wildman–Crippen MR) is 79.6 cm³/mol. The zero-order chi connectivity index (χ0) is 14.6. The molecule has 0 saturated heterocycles. The lowest BCUT2D eigenvalue weighted by atomic mass is 10.1. The van der Waals surface area contributed by atoms with Crippen molar-refractivity contribution in [3.63, 3.8) is 0 Å². The highest BCUT2D eigenvalue weighted by Gasteiger charge is 2.16. The number of aliphatic hydroxyl groups excluding tert-OH is 1. The van der Waals surface area contributed by atoms with Gasteiger partial charge in [0.15, 0.2) is 0 Å². The van der Waals surface area contributed by atoms with Crippen LogP contribution in [0.15, 0.2) is 36.5 Å². The molecule has 5 nitrogen and oxygen atoms in total. The number of rotatable bonds is 5. The molecule has 0 unspecified atom stereocenters. The van der Waals surface area contributed by atoms with Crippen LogP contribution < -0.4 is 4.90 Å². The third-order valence-electron chi connectivity index (χ3n) is 3.07. The maximum absolute atomic E-state index is 9.23. The molecular weight excluding hydrogens is 252 g/mol. The molecule has 0 aliphatic carbocycles. The van der Waals surface area contributed by atoms with Crippen LogP contribution in [-0.4, -0.2) is 33.3 Å². The fraction of sp³-hybridized carbons (Fsp3) is 0.467. The van der Waals surface area contributed by atoms with E-state index in [0.717, 1.165) is 11.4 Å². The lowest BCUT2D eigenvalue weighted by Gasteiger charge is -2.22.